The van der Waals surface area contributed by atoms with E-state index < -0.39 is 13.5 Å². The van der Waals surface area contributed by atoms with E-state index in [-0.39, 0.29) is 11.3 Å². The van der Waals surface area contributed by atoms with Crippen LogP contribution in [-0.4, -0.2) is 28.2 Å². The SMILES string of the molecule is CCP(=O)(CC)c1ccc(-c2nc(Br)c(C3CC3)n2C)c(OC(F)(F)F)c1. The monoisotopic (exact) mass is 464 g/mol. The van der Waals surface area contributed by atoms with Crippen molar-refractivity contribution in [2.24, 2.45) is 7.05 Å². The van der Waals surface area contributed by atoms with Crippen LogP contribution in [0.4, 0.5) is 13.2 Å². The van der Waals surface area contributed by atoms with Gasteiger partial charge >= 0.3 is 6.36 Å². The van der Waals surface area contributed by atoms with Crippen LogP contribution in [0.15, 0.2) is 22.8 Å². The van der Waals surface area contributed by atoms with Crippen LogP contribution in [0.2, 0.25) is 0 Å². The average Bonchev–Trinajstić information content (AvgIpc) is 3.38. The first kappa shape index (κ1) is 20.5. The van der Waals surface area contributed by atoms with Crippen LogP contribution >= 0.6 is 23.1 Å². The van der Waals surface area contributed by atoms with E-state index in [1.807, 2.05) is 0 Å². The second-order valence-electron chi connectivity index (χ2n) is 6.69. The van der Waals surface area contributed by atoms with Gasteiger partial charge in [0.1, 0.15) is 23.3 Å². The van der Waals surface area contributed by atoms with Crippen LogP contribution in [0, 0.1) is 0 Å². The zero-order valence-corrected chi connectivity index (χ0v) is 17.8. The molecule has 0 bridgehead atoms. The maximum atomic E-state index is 13.0. The molecule has 3 rings (SSSR count). The fraction of sp³-hybridized carbons (Fsp3) is 0.500. The van der Waals surface area contributed by atoms with Gasteiger partial charge in [-0.15, -0.1) is 13.2 Å². The molecule has 148 valence electrons. The summed E-state index contributed by atoms with van der Waals surface area (Å²) in [6.45, 7) is 3.56. The zero-order chi connectivity index (χ0) is 20.0. The molecule has 0 radical (unpaired) electrons. The Morgan fingerprint density at radius 2 is 1.93 bits per heavy atom. The van der Waals surface area contributed by atoms with Crippen molar-refractivity contribution in [2.75, 3.05) is 12.3 Å². The van der Waals surface area contributed by atoms with Gasteiger partial charge in [-0.25, -0.2) is 4.98 Å². The van der Waals surface area contributed by atoms with Gasteiger partial charge in [-0.1, -0.05) is 19.9 Å². The van der Waals surface area contributed by atoms with Crippen LogP contribution in [0.25, 0.3) is 11.4 Å². The van der Waals surface area contributed by atoms with Gasteiger partial charge in [-0.3, -0.25) is 0 Å². The van der Waals surface area contributed by atoms with Gasteiger partial charge in [-0.05, 0) is 40.9 Å². The van der Waals surface area contributed by atoms with E-state index in [4.69, 9.17) is 0 Å². The van der Waals surface area contributed by atoms with Gasteiger partial charge in [0.05, 0.1) is 11.3 Å². The quantitative estimate of drug-likeness (QED) is 0.518. The Morgan fingerprint density at radius 1 is 1.30 bits per heavy atom. The lowest BCUT2D eigenvalue weighted by Crippen LogP contribution is -2.19. The van der Waals surface area contributed by atoms with Gasteiger partial charge < -0.3 is 13.9 Å². The van der Waals surface area contributed by atoms with Crippen LogP contribution in [-0.2, 0) is 11.6 Å². The molecule has 0 spiro atoms. The number of hydrogen-bond donors (Lipinski definition) is 0. The highest BCUT2D eigenvalue weighted by molar-refractivity contribution is 9.10. The summed E-state index contributed by atoms with van der Waals surface area (Å²) >= 11 is 3.42. The molecule has 0 amide bonds. The number of aromatic nitrogens is 2. The molecule has 1 heterocycles. The molecule has 1 saturated carbocycles. The van der Waals surface area contributed by atoms with Gasteiger partial charge in [0, 0.05) is 30.6 Å². The number of ether oxygens (including phenoxy) is 1. The summed E-state index contributed by atoms with van der Waals surface area (Å²) < 4.78 is 58.8. The maximum absolute atomic E-state index is 13.0. The highest BCUT2D eigenvalue weighted by Gasteiger charge is 2.35. The first-order chi connectivity index (χ1) is 12.6. The van der Waals surface area contributed by atoms with Crippen LogP contribution in [0.1, 0.15) is 38.3 Å². The molecule has 27 heavy (non-hydrogen) atoms. The lowest BCUT2D eigenvalue weighted by Gasteiger charge is -2.19. The highest BCUT2D eigenvalue weighted by atomic mass is 79.9. The second-order valence-corrected chi connectivity index (χ2v) is 11.0. The van der Waals surface area contributed by atoms with Crippen molar-refractivity contribution >= 4 is 28.4 Å². The molecule has 0 saturated heterocycles. The summed E-state index contributed by atoms with van der Waals surface area (Å²) in [7, 11) is -0.956. The largest absolute Gasteiger partial charge is 0.573 e. The fourth-order valence-corrected chi connectivity index (χ4v) is 5.90. The number of hydrogen-bond acceptors (Lipinski definition) is 3. The van der Waals surface area contributed by atoms with E-state index in [0.717, 1.165) is 18.5 Å². The van der Waals surface area contributed by atoms with Gasteiger partial charge in [0.2, 0.25) is 0 Å². The Hall–Kier alpha value is -1.27. The topological polar surface area (TPSA) is 44.1 Å². The summed E-state index contributed by atoms with van der Waals surface area (Å²) in [6.07, 6.45) is -2.00. The number of alkyl halides is 3. The highest BCUT2D eigenvalue weighted by Crippen LogP contribution is 2.47. The number of rotatable bonds is 6. The van der Waals surface area contributed by atoms with Crippen molar-refractivity contribution in [2.45, 2.75) is 39.0 Å². The summed E-state index contributed by atoms with van der Waals surface area (Å²) in [4.78, 5) is 4.43. The minimum absolute atomic E-state index is 0.227. The van der Waals surface area contributed by atoms with Crippen molar-refractivity contribution in [3.63, 3.8) is 0 Å². The third kappa shape index (κ3) is 4.11. The minimum Gasteiger partial charge on any atom is -0.405 e. The van der Waals surface area contributed by atoms with E-state index in [1.54, 1.807) is 31.5 Å². The Bertz CT molecular complexity index is 899. The lowest BCUT2D eigenvalue weighted by molar-refractivity contribution is -0.274. The number of imidazole rings is 1. The Balaban J connectivity index is 2.15. The molecule has 9 heteroatoms. The van der Waals surface area contributed by atoms with E-state index in [1.165, 1.54) is 12.1 Å². The molecule has 4 nitrogen and oxygen atoms in total. The molecule has 0 aliphatic heterocycles. The molecule has 0 atom stereocenters. The molecule has 0 unspecified atom stereocenters. The standard InChI is InChI=1S/C18H21BrF3N2O2P/c1-4-27(25,5-2)12-8-9-13(14(10-12)26-18(20,21)22)17-23-16(19)15(24(17)3)11-6-7-11/h8-11H,4-7H2,1-3H3. The number of nitrogens with zero attached hydrogens (tertiary/aromatic N) is 2. The van der Waals surface area contributed by atoms with E-state index in [2.05, 4.69) is 25.7 Å². The molecule has 1 fully saturated rings. The molecular formula is C18H21BrF3N2O2P. The molecule has 1 aliphatic carbocycles. The summed E-state index contributed by atoms with van der Waals surface area (Å²) in [5.41, 5.74) is 1.20. The van der Waals surface area contributed by atoms with Gasteiger partial charge in [0.25, 0.3) is 0 Å². The van der Waals surface area contributed by atoms with E-state index in [9.17, 15) is 17.7 Å². The molecule has 2 aromatic rings. The fourth-order valence-electron chi connectivity index (χ4n) is 3.26. The maximum Gasteiger partial charge on any atom is 0.573 e. The molecule has 0 N–H and O–H groups in total. The van der Waals surface area contributed by atoms with Crippen molar-refractivity contribution in [3.8, 4) is 17.1 Å². The van der Waals surface area contributed by atoms with Gasteiger partial charge in [0.15, 0.2) is 0 Å². The average molecular weight is 465 g/mol. The third-order valence-electron chi connectivity index (χ3n) is 4.98. The normalized spacial score (nSPS) is 15.2. The Labute approximate surface area is 164 Å². The summed E-state index contributed by atoms with van der Waals surface area (Å²) in [5.74, 6) is 0.389. The second kappa shape index (κ2) is 7.28. The first-order valence-corrected chi connectivity index (χ1v) is 11.7. The molecule has 1 aliphatic rings. The van der Waals surface area contributed by atoms with Crippen molar-refractivity contribution in [1.82, 2.24) is 9.55 Å². The summed E-state index contributed by atoms with van der Waals surface area (Å²) in [6, 6.07) is 4.42. The van der Waals surface area contributed by atoms with Crippen LogP contribution in [0.5, 0.6) is 5.75 Å². The smallest absolute Gasteiger partial charge is 0.405 e. The van der Waals surface area contributed by atoms with Crippen molar-refractivity contribution in [1.29, 1.82) is 0 Å². The predicted molar refractivity (Wildman–Crippen MR) is 103 cm³/mol. The molecular weight excluding hydrogens is 444 g/mol. The Kier molecular flexibility index (Phi) is 5.52. The minimum atomic E-state index is -4.85. The summed E-state index contributed by atoms with van der Waals surface area (Å²) in [5, 5.41) is 0.395. The Morgan fingerprint density at radius 3 is 2.44 bits per heavy atom. The van der Waals surface area contributed by atoms with E-state index >= 15 is 0 Å². The van der Waals surface area contributed by atoms with Crippen molar-refractivity contribution in [3.05, 3.63) is 28.5 Å². The number of benzene rings is 1. The molecule has 1 aromatic heterocycles. The molecule has 1 aromatic carbocycles. The van der Waals surface area contributed by atoms with E-state index in [0.29, 0.717) is 34.0 Å². The predicted octanol–water partition coefficient (Wildman–Crippen LogP) is 5.65. The van der Waals surface area contributed by atoms with Crippen molar-refractivity contribution < 1.29 is 22.5 Å². The third-order valence-corrected chi connectivity index (χ3v) is 8.83. The zero-order valence-electron chi connectivity index (χ0n) is 15.3. The van der Waals surface area contributed by atoms with Crippen LogP contribution in [0.3, 0.4) is 0 Å². The van der Waals surface area contributed by atoms with Gasteiger partial charge in [-0.2, -0.15) is 0 Å². The van der Waals surface area contributed by atoms with Crippen LogP contribution < -0.4 is 10.0 Å². The first-order valence-electron chi connectivity index (χ1n) is 8.80. The number of halogens is 4. The lowest BCUT2D eigenvalue weighted by atomic mass is 10.2.